The van der Waals surface area contributed by atoms with Crippen LogP contribution in [0.4, 0.5) is 5.69 Å². The first kappa shape index (κ1) is 11.2. The maximum atomic E-state index is 12.0. The highest BCUT2D eigenvalue weighted by atomic mass is 16.1. The minimum Gasteiger partial charge on any atom is -0.394 e. The number of nitrogen functional groups attached to an aromatic ring is 1. The molecule has 0 bridgehead atoms. The van der Waals surface area contributed by atoms with Crippen LogP contribution in [-0.4, -0.2) is 4.57 Å². The molecule has 0 saturated carbocycles. The van der Waals surface area contributed by atoms with Crippen LogP contribution in [0.5, 0.6) is 0 Å². The number of nitrogens with two attached hydrogens (primary N) is 1. The number of anilines is 1. The summed E-state index contributed by atoms with van der Waals surface area (Å²) < 4.78 is 1.91. The summed E-state index contributed by atoms with van der Waals surface area (Å²) in [7, 11) is 0. The van der Waals surface area contributed by atoms with E-state index in [4.69, 9.17) is 5.73 Å². The summed E-state index contributed by atoms with van der Waals surface area (Å²) in [5, 5.41) is 0. The first-order valence-corrected chi connectivity index (χ1v) is 6.25. The zero-order valence-electron chi connectivity index (χ0n) is 9.96. The Morgan fingerprint density at radius 3 is 2.88 bits per heavy atom. The van der Waals surface area contributed by atoms with Crippen LogP contribution in [0.2, 0.25) is 0 Å². The highest BCUT2D eigenvalue weighted by Crippen LogP contribution is 2.21. The van der Waals surface area contributed by atoms with Crippen molar-refractivity contribution in [1.29, 1.82) is 0 Å². The van der Waals surface area contributed by atoms with E-state index in [9.17, 15) is 4.79 Å². The van der Waals surface area contributed by atoms with E-state index in [2.05, 4.69) is 6.92 Å². The van der Waals surface area contributed by atoms with Gasteiger partial charge >= 0.3 is 0 Å². The molecular formula is C13H20N2O. The van der Waals surface area contributed by atoms with Gasteiger partial charge in [0, 0.05) is 12.2 Å². The fourth-order valence-corrected chi connectivity index (χ4v) is 2.46. The van der Waals surface area contributed by atoms with Crippen molar-refractivity contribution in [1.82, 2.24) is 4.57 Å². The molecule has 0 unspecified atom stereocenters. The normalized spacial score (nSPS) is 14.8. The third-order valence-corrected chi connectivity index (χ3v) is 3.36. The molecule has 0 aliphatic heterocycles. The lowest BCUT2D eigenvalue weighted by molar-refractivity contribution is 0.550. The van der Waals surface area contributed by atoms with Crippen LogP contribution >= 0.6 is 0 Å². The summed E-state index contributed by atoms with van der Waals surface area (Å²) in [5.41, 5.74) is 8.73. The monoisotopic (exact) mass is 220 g/mol. The summed E-state index contributed by atoms with van der Waals surface area (Å²) in [6, 6.07) is 1.89. The van der Waals surface area contributed by atoms with Gasteiger partial charge in [0.25, 0.3) is 5.56 Å². The van der Waals surface area contributed by atoms with Crippen molar-refractivity contribution in [3.63, 3.8) is 0 Å². The Hall–Kier alpha value is -1.25. The molecule has 1 aromatic heterocycles. The summed E-state index contributed by atoms with van der Waals surface area (Å²) in [5.74, 6) is 0. The zero-order valence-corrected chi connectivity index (χ0v) is 9.96. The van der Waals surface area contributed by atoms with Crippen LogP contribution in [0.25, 0.3) is 0 Å². The maximum Gasteiger partial charge on any atom is 0.273 e. The third-order valence-electron chi connectivity index (χ3n) is 3.36. The molecule has 0 saturated heterocycles. The van der Waals surface area contributed by atoms with Gasteiger partial charge in [-0.05, 0) is 43.7 Å². The van der Waals surface area contributed by atoms with E-state index < -0.39 is 0 Å². The van der Waals surface area contributed by atoms with Crippen LogP contribution in [0.15, 0.2) is 10.9 Å². The molecule has 16 heavy (non-hydrogen) atoms. The van der Waals surface area contributed by atoms with Gasteiger partial charge in [0.15, 0.2) is 0 Å². The molecule has 1 heterocycles. The predicted octanol–water partition coefficient (Wildman–Crippen LogP) is 2.11. The molecule has 0 atom stereocenters. The average Bonchev–Trinajstić information content (AvgIpc) is 2.30. The molecule has 1 aromatic rings. The Labute approximate surface area is 96.3 Å². The Kier molecular flexibility index (Phi) is 3.32. The van der Waals surface area contributed by atoms with Crippen molar-refractivity contribution in [3.05, 3.63) is 27.7 Å². The molecule has 1 aliphatic carbocycles. The quantitative estimate of drug-likeness (QED) is 0.848. The average molecular weight is 220 g/mol. The van der Waals surface area contributed by atoms with Gasteiger partial charge in [0.05, 0.1) is 5.69 Å². The van der Waals surface area contributed by atoms with Crippen molar-refractivity contribution < 1.29 is 0 Å². The smallest absolute Gasteiger partial charge is 0.273 e. The highest BCUT2D eigenvalue weighted by Gasteiger charge is 2.15. The van der Waals surface area contributed by atoms with Gasteiger partial charge in [0.2, 0.25) is 0 Å². The molecule has 3 nitrogen and oxygen atoms in total. The molecule has 88 valence electrons. The molecule has 3 heteroatoms. The van der Waals surface area contributed by atoms with E-state index in [-0.39, 0.29) is 5.56 Å². The number of unbranched alkanes of at least 4 members (excludes halogenated alkanes) is 1. The summed E-state index contributed by atoms with van der Waals surface area (Å²) in [6.45, 7) is 2.96. The van der Waals surface area contributed by atoms with Crippen molar-refractivity contribution in [2.45, 2.75) is 52.0 Å². The van der Waals surface area contributed by atoms with Crippen LogP contribution < -0.4 is 11.3 Å². The predicted molar refractivity (Wildman–Crippen MR) is 66.7 cm³/mol. The summed E-state index contributed by atoms with van der Waals surface area (Å²) >= 11 is 0. The molecule has 0 amide bonds. The number of aromatic nitrogens is 1. The largest absolute Gasteiger partial charge is 0.394 e. The van der Waals surface area contributed by atoms with Crippen LogP contribution in [0, 0.1) is 0 Å². The molecule has 0 radical (unpaired) electrons. The second-order valence-corrected chi connectivity index (χ2v) is 4.59. The Bertz CT molecular complexity index is 434. The lowest BCUT2D eigenvalue weighted by atomic mass is 9.95. The molecule has 0 aromatic carbocycles. The van der Waals surface area contributed by atoms with Gasteiger partial charge in [-0.25, -0.2) is 0 Å². The molecule has 2 N–H and O–H groups in total. The lowest BCUT2D eigenvalue weighted by Crippen LogP contribution is -2.28. The fourth-order valence-electron chi connectivity index (χ4n) is 2.46. The van der Waals surface area contributed by atoms with Gasteiger partial charge in [-0.15, -0.1) is 0 Å². The van der Waals surface area contributed by atoms with Crippen molar-refractivity contribution in [2.24, 2.45) is 0 Å². The van der Waals surface area contributed by atoms with Crippen LogP contribution in [-0.2, 0) is 19.4 Å². The van der Waals surface area contributed by atoms with E-state index >= 15 is 0 Å². The van der Waals surface area contributed by atoms with Gasteiger partial charge in [0.1, 0.15) is 0 Å². The third kappa shape index (κ3) is 1.99. The number of fused-ring (bicyclic) bond motifs is 1. The maximum absolute atomic E-state index is 12.0. The molecular weight excluding hydrogens is 200 g/mol. The van der Waals surface area contributed by atoms with E-state index in [0.29, 0.717) is 5.69 Å². The SMILES string of the molecule is CCCCn1c2c(cc(N)c1=O)CCCC2. The van der Waals surface area contributed by atoms with Crippen LogP contribution in [0.3, 0.4) is 0 Å². The second kappa shape index (κ2) is 4.73. The number of hydrogen-bond acceptors (Lipinski definition) is 2. The topological polar surface area (TPSA) is 48.0 Å². The summed E-state index contributed by atoms with van der Waals surface area (Å²) in [4.78, 5) is 12.0. The zero-order chi connectivity index (χ0) is 11.5. The van der Waals surface area contributed by atoms with E-state index in [0.717, 1.165) is 32.2 Å². The Morgan fingerprint density at radius 2 is 2.12 bits per heavy atom. The minimum absolute atomic E-state index is 0.00843. The Balaban J connectivity index is 2.46. The number of hydrogen-bond donors (Lipinski definition) is 1. The molecule has 0 fully saturated rings. The molecule has 1 aliphatic rings. The van der Waals surface area contributed by atoms with Crippen molar-refractivity contribution in [3.8, 4) is 0 Å². The van der Waals surface area contributed by atoms with Gasteiger partial charge in [-0.1, -0.05) is 13.3 Å². The molecule has 2 rings (SSSR count). The van der Waals surface area contributed by atoms with Gasteiger partial charge in [-0.2, -0.15) is 0 Å². The first-order valence-electron chi connectivity index (χ1n) is 6.25. The summed E-state index contributed by atoms with van der Waals surface area (Å²) in [6.07, 6.45) is 6.69. The first-order chi connectivity index (χ1) is 7.74. The highest BCUT2D eigenvalue weighted by molar-refractivity contribution is 5.42. The Morgan fingerprint density at radius 1 is 1.38 bits per heavy atom. The second-order valence-electron chi connectivity index (χ2n) is 4.59. The van der Waals surface area contributed by atoms with E-state index in [1.165, 1.54) is 24.1 Å². The van der Waals surface area contributed by atoms with E-state index in [1.54, 1.807) is 0 Å². The van der Waals surface area contributed by atoms with E-state index in [1.807, 2.05) is 10.6 Å². The standard InChI is InChI=1S/C13H20N2O/c1-2-3-8-15-12-7-5-4-6-10(12)9-11(14)13(15)16/h9H,2-8,14H2,1H3. The van der Waals surface area contributed by atoms with Gasteiger partial charge in [-0.3, -0.25) is 4.79 Å². The molecule has 0 spiro atoms. The number of pyridine rings is 1. The fraction of sp³-hybridized carbons (Fsp3) is 0.615. The van der Waals surface area contributed by atoms with Crippen molar-refractivity contribution in [2.75, 3.05) is 5.73 Å². The minimum atomic E-state index is 0.00843. The number of aryl methyl sites for hydroxylation is 1. The number of nitrogens with zero attached hydrogens (tertiary/aromatic N) is 1. The van der Waals surface area contributed by atoms with Crippen molar-refractivity contribution >= 4 is 5.69 Å². The van der Waals surface area contributed by atoms with Gasteiger partial charge < -0.3 is 10.3 Å². The number of rotatable bonds is 3. The lowest BCUT2D eigenvalue weighted by Gasteiger charge is -2.21. The van der Waals surface area contributed by atoms with Crippen LogP contribution in [0.1, 0.15) is 43.9 Å².